The van der Waals surface area contributed by atoms with Crippen LogP contribution in [-0.2, 0) is 0 Å². The molecule has 13 aromatic rings. The van der Waals surface area contributed by atoms with Crippen LogP contribution in [0.15, 0.2) is 279 Å². The van der Waals surface area contributed by atoms with Crippen LogP contribution in [-0.4, -0.2) is 17.2 Å². The normalized spacial score (nSPS) is 11.8. The van der Waals surface area contributed by atoms with Crippen LogP contribution in [0.25, 0.3) is 88.4 Å². The Kier molecular flexibility index (Phi) is 9.88. The second-order valence-corrected chi connectivity index (χ2v) is 21.8. The molecule has 0 amide bonds. The van der Waals surface area contributed by atoms with Gasteiger partial charge in [-0.25, -0.2) is 0 Å². The van der Waals surface area contributed by atoms with Gasteiger partial charge < -0.3 is 9.13 Å². The number of benzene rings is 11. The van der Waals surface area contributed by atoms with Crippen LogP contribution in [0.2, 0.25) is 0 Å². The Hall–Kier alpha value is -8.76. The van der Waals surface area contributed by atoms with Crippen LogP contribution < -0.4 is 20.7 Å². The number of para-hydroxylation sites is 2. The number of nitrogens with zero attached hydrogens (tertiary/aromatic N) is 2. The first-order chi connectivity index (χ1) is 34.3. The van der Waals surface area contributed by atoms with Gasteiger partial charge in [-0.1, -0.05) is 224 Å². The zero-order valence-electron chi connectivity index (χ0n) is 38.0. The Morgan fingerprint density at radius 3 is 1.20 bits per heavy atom. The van der Waals surface area contributed by atoms with Crippen LogP contribution >= 0.6 is 0 Å². The van der Waals surface area contributed by atoms with Crippen LogP contribution in [0.4, 0.5) is 0 Å². The fourth-order valence-electron chi connectivity index (χ4n) is 11.3. The Balaban J connectivity index is 1.09. The number of rotatable bonds is 9. The molecule has 2 nitrogen and oxygen atoms in total. The van der Waals surface area contributed by atoms with Crippen molar-refractivity contribution in [2.45, 2.75) is 0 Å². The number of fused-ring (bicyclic) bond motifs is 6. The van der Waals surface area contributed by atoms with E-state index in [-0.39, 0.29) is 0 Å². The highest BCUT2D eigenvalue weighted by atomic mass is 28.3. The highest BCUT2D eigenvalue weighted by Gasteiger charge is 2.43. The van der Waals surface area contributed by atoms with E-state index in [1.165, 1.54) is 92.2 Å². The average Bonchev–Trinajstić information content (AvgIpc) is 3.96. The molecule has 2 heterocycles. The van der Waals surface area contributed by atoms with Gasteiger partial charge in [-0.2, -0.15) is 0 Å². The van der Waals surface area contributed by atoms with E-state index >= 15 is 0 Å². The van der Waals surface area contributed by atoms with Crippen molar-refractivity contribution in [1.29, 1.82) is 0 Å². The zero-order valence-corrected chi connectivity index (χ0v) is 39.0. The summed E-state index contributed by atoms with van der Waals surface area (Å²) in [6.07, 6.45) is 0. The highest BCUT2D eigenvalue weighted by molar-refractivity contribution is 7.20. The summed E-state index contributed by atoms with van der Waals surface area (Å²) in [5.41, 5.74) is 14.1. The lowest BCUT2D eigenvalue weighted by Gasteiger charge is -2.35. The molecule has 13 rings (SSSR count). The summed E-state index contributed by atoms with van der Waals surface area (Å²) in [4.78, 5) is 0. The molecule has 0 aliphatic carbocycles. The van der Waals surface area contributed by atoms with E-state index in [2.05, 4.69) is 288 Å². The SMILES string of the molecule is c1ccc(-c2cccc(-c3cc(-c4ccccc4)cc(-n4c5ccccc5c5c(-n6c7ccccc7c7c([Si](c8ccccc8)(c8ccccc8)c8ccccc8)cccc76)cccc54)c3)c2)cc1. The average molecular weight is 895 g/mol. The lowest BCUT2D eigenvalue weighted by Crippen LogP contribution is -2.74. The standard InChI is InChI=1S/C66H46N2Si/c1-6-23-47(24-7-1)49-27-20-28-50(43-49)52-44-51(48-25-8-2-9-26-48)45-53(46-52)67-59-37-18-16-35-57(59)65-61(67)39-21-40-62(65)68-60-38-19-17-36-58(60)66-63(68)41-22-42-64(66)69(54-29-10-3-11-30-54,55-31-12-4-13-32-55)56-33-14-5-15-34-56/h1-46H. The Labute approximate surface area is 403 Å². The smallest absolute Gasteiger partial charge is 0.180 e. The fraction of sp³-hybridized carbons (Fsp3) is 0. The van der Waals surface area contributed by atoms with Crippen molar-refractivity contribution in [1.82, 2.24) is 9.13 Å². The van der Waals surface area contributed by atoms with E-state index in [1.54, 1.807) is 0 Å². The summed E-state index contributed by atoms with van der Waals surface area (Å²) in [6.45, 7) is 0. The van der Waals surface area contributed by atoms with Crippen molar-refractivity contribution in [3.05, 3.63) is 279 Å². The first kappa shape index (κ1) is 40.5. The maximum Gasteiger partial charge on any atom is 0.180 e. The lowest BCUT2D eigenvalue weighted by molar-refractivity contribution is 1.17. The molecule has 0 radical (unpaired) electrons. The van der Waals surface area contributed by atoms with E-state index < -0.39 is 8.07 Å². The minimum Gasteiger partial charge on any atom is -0.309 e. The first-order valence-corrected chi connectivity index (χ1v) is 25.8. The van der Waals surface area contributed by atoms with Gasteiger partial charge in [0, 0.05) is 27.2 Å². The van der Waals surface area contributed by atoms with E-state index in [4.69, 9.17) is 0 Å². The molecule has 3 heteroatoms. The van der Waals surface area contributed by atoms with Gasteiger partial charge in [0.25, 0.3) is 0 Å². The Bertz CT molecular complexity index is 3890. The summed E-state index contributed by atoms with van der Waals surface area (Å²) in [5, 5.41) is 10.5. The molecular formula is C66H46N2Si. The van der Waals surface area contributed by atoms with Gasteiger partial charge in [0.15, 0.2) is 8.07 Å². The summed E-state index contributed by atoms with van der Waals surface area (Å²) in [7, 11) is -2.91. The molecule has 0 saturated carbocycles. The van der Waals surface area contributed by atoms with Crippen molar-refractivity contribution in [2.75, 3.05) is 0 Å². The maximum absolute atomic E-state index is 2.91. The third-order valence-electron chi connectivity index (χ3n) is 14.2. The second-order valence-electron chi connectivity index (χ2n) is 18.0. The molecule has 11 aromatic carbocycles. The second kappa shape index (κ2) is 16.8. The van der Waals surface area contributed by atoms with Crippen LogP contribution in [0.3, 0.4) is 0 Å². The quantitative estimate of drug-likeness (QED) is 0.101. The molecule has 0 N–H and O–H groups in total. The predicted octanol–water partition coefficient (Wildman–Crippen LogP) is 14.3. The van der Waals surface area contributed by atoms with E-state index in [1.807, 2.05) is 0 Å². The Morgan fingerprint density at radius 1 is 0.246 bits per heavy atom. The highest BCUT2D eigenvalue weighted by Crippen LogP contribution is 2.41. The molecule has 69 heavy (non-hydrogen) atoms. The van der Waals surface area contributed by atoms with E-state index in [0.717, 1.165) is 16.9 Å². The first-order valence-electron chi connectivity index (χ1n) is 23.8. The van der Waals surface area contributed by atoms with Gasteiger partial charge in [0.2, 0.25) is 0 Å². The Morgan fingerprint density at radius 2 is 0.623 bits per heavy atom. The third kappa shape index (κ3) is 6.62. The molecule has 2 aromatic heterocycles. The number of hydrogen-bond donors (Lipinski definition) is 0. The minimum atomic E-state index is -2.91. The molecule has 0 spiro atoms. The molecule has 0 atom stereocenters. The van der Waals surface area contributed by atoms with Crippen LogP contribution in [0.1, 0.15) is 0 Å². The monoisotopic (exact) mass is 894 g/mol. The molecule has 0 bridgehead atoms. The molecule has 0 saturated heterocycles. The summed E-state index contributed by atoms with van der Waals surface area (Å²) < 4.78 is 5.04. The molecule has 0 aliphatic heterocycles. The van der Waals surface area contributed by atoms with Crippen molar-refractivity contribution >= 4 is 72.4 Å². The zero-order chi connectivity index (χ0) is 45.7. The molecule has 0 aliphatic rings. The van der Waals surface area contributed by atoms with Gasteiger partial charge >= 0.3 is 0 Å². The number of hydrogen-bond acceptors (Lipinski definition) is 0. The fourth-order valence-corrected chi connectivity index (χ4v) is 16.3. The number of aromatic nitrogens is 2. The van der Waals surface area contributed by atoms with Gasteiger partial charge in [-0.3, -0.25) is 0 Å². The molecule has 0 fully saturated rings. The van der Waals surface area contributed by atoms with Gasteiger partial charge in [-0.05, 0) is 109 Å². The topological polar surface area (TPSA) is 9.86 Å². The van der Waals surface area contributed by atoms with Crippen molar-refractivity contribution < 1.29 is 0 Å². The summed E-state index contributed by atoms with van der Waals surface area (Å²) in [5.74, 6) is 0. The van der Waals surface area contributed by atoms with Crippen molar-refractivity contribution in [3.8, 4) is 44.8 Å². The molecular weight excluding hydrogens is 849 g/mol. The van der Waals surface area contributed by atoms with E-state index in [0.29, 0.717) is 0 Å². The van der Waals surface area contributed by atoms with Gasteiger partial charge in [0.05, 0.1) is 27.8 Å². The minimum absolute atomic E-state index is 1.12. The van der Waals surface area contributed by atoms with Gasteiger partial charge in [-0.15, -0.1) is 0 Å². The van der Waals surface area contributed by atoms with Crippen LogP contribution in [0, 0.1) is 0 Å². The molecule has 324 valence electrons. The van der Waals surface area contributed by atoms with E-state index in [9.17, 15) is 0 Å². The predicted molar refractivity (Wildman–Crippen MR) is 295 cm³/mol. The molecule has 0 unspecified atom stereocenters. The van der Waals surface area contributed by atoms with Gasteiger partial charge in [0.1, 0.15) is 0 Å². The third-order valence-corrected chi connectivity index (χ3v) is 19.0. The maximum atomic E-state index is 2.55. The van der Waals surface area contributed by atoms with Crippen molar-refractivity contribution in [2.24, 2.45) is 0 Å². The lowest BCUT2D eigenvalue weighted by atomic mass is 9.95. The van der Waals surface area contributed by atoms with Crippen molar-refractivity contribution in [3.63, 3.8) is 0 Å². The largest absolute Gasteiger partial charge is 0.309 e. The van der Waals surface area contributed by atoms with Crippen LogP contribution in [0.5, 0.6) is 0 Å². The summed E-state index contributed by atoms with van der Waals surface area (Å²) in [6, 6.07) is 103. The summed E-state index contributed by atoms with van der Waals surface area (Å²) >= 11 is 0.